The van der Waals surface area contributed by atoms with Gasteiger partial charge in [-0.15, -0.1) is 0 Å². The predicted octanol–water partition coefficient (Wildman–Crippen LogP) is 5.28. The lowest BCUT2D eigenvalue weighted by Crippen LogP contribution is -2.50. The molecule has 0 aliphatic heterocycles. The highest BCUT2D eigenvalue weighted by Gasteiger charge is 2.33. The van der Waals surface area contributed by atoms with E-state index in [4.69, 9.17) is 23.2 Å². The molecular formula is C28H31Cl2N3O4S. The van der Waals surface area contributed by atoms with Crippen molar-refractivity contribution in [3.63, 3.8) is 0 Å². The van der Waals surface area contributed by atoms with Crippen LogP contribution in [-0.2, 0) is 26.2 Å². The third-order valence-corrected chi connectivity index (χ3v) is 8.78. The van der Waals surface area contributed by atoms with Crippen molar-refractivity contribution in [1.29, 1.82) is 0 Å². The number of nitrogens with one attached hydrogen (secondary N) is 1. The van der Waals surface area contributed by atoms with E-state index < -0.39 is 34.4 Å². The molecule has 0 aliphatic carbocycles. The van der Waals surface area contributed by atoms with Crippen molar-refractivity contribution in [2.45, 2.75) is 45.2 Å². The van der Waals surface area contributed by atoms with E-state index in [9.17, 15) is 18.0 Å². The minimum atomic E-state index is -4.13. The molecule has 0 bridgehead atoms. The van der Waals surface area contributed by atoms with Crippen molar-refractivity contribution in [1.82, 2.24) is 10.2 Å². The van der Waals surface area contributed by atoms with Gasteiger partial charge in [0, 0.05) is 13.6 Å². The van der Waals surface area contributed by atoms with Crippen molar-refractivity contribution in [3.8, 4) is 0 Å². The standard InChI is InChI=1S/C28H31Cl2N3O4S/c1-18-7-11-23(12-8-18)38(36,37)33(26-14-19(2)6-9-20(26)3)17-27(34)32(21(4)28(35)31-5)16-22-10-13-24(29)25(30)15-22/h6-15,21H,16-17H2,1-5H3,(H,31,35)/t21-/m0/s1. The lowest BCUT2D eigenvalue weighted by molar-refractivity contribution is -0.139. The Kier molecular flexibility index (Phi) is 9.46. The third kappa shape index (κ3) is 6.67. The molecule has 0 saturated heterocycles. The number of halogens is 2. The molecule has 3 rings (SSSR count). The Labute approximate surface area is 234 Å². The van der Waals surface area contributed by atoms with Crippen molar-refractivity contribution in [3.05, 3.63) is 93.0 Å². The Morgan fingerprint density at radius 1 is 0.895 bits per heavy atom. The summed E-state index contributed by atoms with van der Waals surface area (Å²) in [7, 11) is -2.65. The van der Waals surface area contributed by atoms with Crippen LogP contribution in [0.1, 0.15) is 29.2 Å². The Bertz CT molecular complexity index is 1440. The number of carbonyl (C=O) groups excluding carboxylic acids is 2. The van der Waals surface area contributed by atoms with E-state index in [2.05, 4.69) is 5.32 Å². The zero-order valence-electron chi connectivity index (χ0n) is 22.0. The number of anilines is 1. The molecule has 1 atom stereocenters. The molecule has 3 aromatic rings. The zero-order valence-corrected chi connectivity index (χ0v) is 24.3. The Morgan fingerprint density at radius 3 is 2.13 bits per heavy atom. The molecule has 0 radical (unpaired) electrons. The Balaban J connectivity index is 2.08. The highest BCUT2D eigenvalue weighted by Crippen LogP contribution is 2.29. The first-order valence-corrected chi connectivity index (χ1v) is 14.2. The van der Waals surface area contributed by atoms with Crippen molar-refractivity contribution in [2.24, 2.45) is 0 Å². The van der Waals surface area contributed by atoms with Crippen molar-refractivity contribution >= 4 is 50.7 Å². The van der Waals surface area contributed by atoms with Gasteiger partial charge in [0.25, 0.3) is 10.0 Å². The molecule has 0 unspecified atom stereocenters. The van der Waals surface area contributed by atoms with E-state index in [-0.39, 0.29) is 11.4 Å². The Morgan fingerprint density at radius 2 is 1.53 bits per heavy atom. The summed E-state index contributed by atoms with van der Waals surface area (Å²) >= 11 is 12.2. The fourth-order valence-electron chi connectivity index (χ4n) is 3.97. The van der Waals surface area contributed by atoms with Gasteiger partial charge >= 0.3 is 0 Å². The smallest absolute Gasteiger partial charge is 0.264 e. The first-order chi connectivity index (χ1) is 17.8. The summed E-state index contributed by atoms with van der Waals surface area (Å²) in [5.41, 5.74) is 3.47. The minimum absolute atomic E-state index is 0.0233. The van der Waals surface area contributed by atoms with Crippen LogP contribution in [0.5, 0.6) is 0 Å². The average Bonchev–Trinajstić information content (AvgIpc) is 2.88. The highest BCUT2D eigenvalue weighted by atomic mass is 35.5. The molecule has 3 aromatic carbocycles. The number of aryl methyl sites for hydroxylation is 3. The van der Waals surface area contributed by atoms with Crippen LogP contribution in [0.15, 0.2) is 65.6 Å². The van der Waals surface area contributed by atoms with Crippen LogP contribution in [0.25, 0.3) is 0 Å². The molecule has 7 nitrogen and oxygen atoms in total. The molecule has 10 heteroatoms. The molecule has 0 heterocycles. The second-order valence-electron chi connectivity index (χ2n) is 9.17. The van der Waals surface area contributed by atoms with E-state index in [1.54, 1.807) is 50.2 Å². The fourth-order valence-corrected chi connectivity index (χ4v) is 5.76. The van der Waals surface area contributed by atoms with E-state index in [1.807, 2.05) is 26.0 Å². The molecule has 202 valence electrons. The van der Waals surface area contributed by atoms with Gasteiger partial charge in [0.1, 0.15) is 12.6 Å². The van der Waals surface area contributed by atoms with E-state index in [0.29, 0.717) is 26.9 Å². The van der Waals surface area contributed by atoms with Gasteiger partial charge in [-0.05, 0) is 74.7 Å². The van der Waals surface area contributed by atoms with Crippen molar-refractivity contribution < 1.29 is 18.0 Å². The monoisotopic (exact) mass is 575 g/mol. The molecule has 0 spiro atoms. The van der Waals surface area contributed by atoms with Gasteiger partial charge in [-0.1, -0.05) is 59.1 Å². The van der Waals surface area contributed by atoms with Crippen LogP contribution in [0, 0.1) is 20.8 Å². The van der Waals surface area contributed by atoms with E-state index in [0.717, 1.165) is 15.4 Å². The lowest BCUT2D eigenvalue weighted by Gasteiger charge is -2.32. The van der Waals surface area contributed by atoms with Crippen LogP contribution in [0.2, 0.25) is 10.0 Å². The second-order valence-corrected chi connectivity index (χ2v) is 11.9. The molecular weight excluding hydrogens is 545 g/mol. The fraction of sp³-hybridized carbons (Fsp3) is 0.286. The van der Waals surface area contributed by atoms with Gasteiger partial charge in [0.05, 0.1) is 20.6 Å². The molecule has 0 aliphatic rings. The maximum absolute atomic E-state index is 13.9. The summed E-state index contributed by atoms with van der Waals surface area (Å²) < 4.78 is 28.9. The second kappa shape index (κ2) is 12.2. The molecule has 38 heavy (non-hydrogen) atoms. The summed E-state index contributed by atoms with van der Waals surface area (Å²) in [5, 5.41) is 3.23. The van der Waals surface area contributed by atoms with Crippen LogP contribution in [-0.4, -0.2) is 44.8 Å². The highest BCUT2D eigenvalue weighted by molar-refractivity contribution is 7.92. The van der Waals surface area contributed by atoms with E-state index in [1.165, 1.54) is 24.1 Å². The number of nitrogens with zero attached hydrogens (tertiary/aromatic N) is 2. The SMILES string of the molecule is CNC(=O)[C@H](C)N(Cc1ccc(Cl)c(Cl)c1)C(=O)CN(c1cc(C)ccc1C)S(=O)(=O)c1ccc(C)cc1. The number of hydrogen-bond donors (Lipinski definition) is 1. The quantitative estimate of drug-likeness (QED) is 0.376. The third-order valence-electron chi connectivity index (χ3n) is 6.27. The number of hydrogen-bond acceptors (Lipinski definition) is 4. The van der Waals surface area contributed by atoms with Gasteiger partial charge in [-0.3, -0.25) is 13.9 Å². The number of sulfonamides is 1. The van der Waals surface area contributed by atoms with E-state index >= 15 is 0 Å². The van der Waals surface area contributed by atoms with Crippen LogP contribution in [0.3, 0.4) is 0 Å². The molecule has 1 N–H and O–H groups in total. The van der Waals surface area contributed by atoms with Gasteiger partial charge in [0.2, 0.25) is 11.8 Å². The molecule has 2 amide bonds. The number of likely N-dealkylation sites (N-methyl/N-ethyl adjacent to an activating group) is 1. The number of amides is 2. The molecule has 0 saturated carbocycles. The average molecular weight is 577 g/mol. The van der Waals surface area contributed by atoms with Crippen LogP contribution < -0.4 is 9.62 Å². The van der Waals surface area contributed by atoms with Gasteiger partial charge in [0.15, 0.2) is 0 Å². The normalized spacial score (nSPS) is 12.1. The van der Waals surface area contributed by atoms with Crippen LogP contribution in [0.4, 0.5) is 5.69 Å². The largest absolute Gasteiger partial charge is 0.357 e. The topological polar surface area (TPSA) is 86.8 Å². The van der Waals surface area contributed by atoms with Crippen molar-refractivity contribution in [2.75, 3.05) is 17.9 Å². The summed E-state index contributed by atoms with van der Waals surface area (Å²) in [6, 6.07) is 15.9. The summed E-state index contributed by atoms with van der Waals surface area (Å²) in [6.07, 6.45) is 0. The molecule has 0 aromatic heterocycles. The maximum Gasteiger partial charge on any atom is 0.264 e. The zero-order chi connectivity index (χ0) is 28.2. The maximum atomic E-state index is 13.9. The number of rotatable bonds is 9. The Hall–Kier alpha value is -3.07. The first-order valence-electron chi connectivity index (χ1n) is 12.0. The summed E-state index contributed by atoms with van der Waals surface area (Å²) in [4.78, 5) is 27.8. The van der Waals surface area contributed by atoms with Gasteiger partial charge in [-0.2, -0.15) is 0 Å². The molecule has 0 fully saturated rings. The number of benzene rings is 3. The summed E-state index contributed by atoms with van der Waals surface area (Å²) in [6.45, 7) is 6.61. The van der Waals surface area contributed by atoms with Crippen LogP contribution >= 0.6 is 23.2 Å². The minimum Gasteiger partial charge on any atom is -0.357 e. The first kappa shape index (κ1) is 29.5. The predicted molar refractivity (Wildman–Crippen MR) is 152 cm³/mol. The number of carbonyl (C=O) groups is 2. The van der Waals surface area contributed by atoms with Gasteiger partial charge in [-0.25, -0.2) is 8.42 Å². The lowest BCUT2D eigenvalue weighted by atomic mass is 10.1. The summed E-state index contributed by atoms with van der Waals surface area (Å²) in [5.74, 6) is -0.943. The van der Waals surface area contributed by atoms with Gasteiger partial charge < -0.3 is 10.2 Å².